The molecule has 1 aromatic rings. The van der Waals surface area contributed by atoms with Gasteiger partial charge in [0.25, 0.3) is 0 Å². The van der Waals surface area contributed by atoms with Gasteiger partial charge in [0.05, 0.1) is 5.69 Å². The first kappa shape index (κ1) is 5.97. The maximum Gasteiger partial charge on any atom is 0.0877 e. The van der Waals surface area contributed by atoms with Crippen molar-refractivity contribution in [2.45, 2.75) is 0 Å². The van der Waals surface area contributed by atoms with Crippen molar-refractivity contribution >= 4 is 5.69 Å². The average Bonchev–Trinajstić information content (AvgIpc) is 1.90. The van der Waals surface area contributed by atoms with Crippen LogP contribution < -0.4 is 4.90 Å². The van der Waals surface area contributed by atoms with E-state index in [0.717, 1.165) is 5.69 Å². The van der Waals surface area contributed by atoms with E-state index in [1.807, 2.05) is 37.2 Å². The molecule has 46 valence electrons. The Morgan fingerprint density at radius 2 is 2.22 bits per heavy atom. The summed E-state index contributed by atoms with van der Waals surface area (Å²) in [4.78, 5) is 2.00. The zero-order chi connectivity index (χ0) is 6.69. The highest BCUT2D eigenvalue weighted by atomic mass is 15.1. The molecule has 1 rings (SSSR count). The predicted octanol–water partition coefficient (Wildman–Crippen LogP) is 1.35. The number of hydrogen-bond acceptors (Lipinski definition) is 1. The Hall–Kier alpha value is -1.16. The van der Waals surface area contributed by atoms with Crippen molar-refractivity contribution in [3.63, 3.8) is 0 Å². The van der Waals surface area contributed by atoms with E-state index in [1.54, 1.807) is 0 Å². The van der Waals surface area contributed by atoms with Crippen molar-refractivity contribution in [1.82, 2.24) is 0 Å². The van der Waals surface area contributed by atoms with Crippen LogP contribution in [-0.2, 0) is 0 Å². The fourth-order valence-corrected chi connectivity index (χ4v) is 0.606. The minimum absolute atomic E-state index is 1.07. The molecule has 0 aliphatic carbocycles. The van der Waals surface area contributed by atoms with Crippen molar-refractivity contribution < 1.29 is 0 Å². The van der Waals surface area contributed by atoms with Gasteiger partial charge in [0.15, 0.2) is 0 Å². The monoisotopic (exact) mass is 119 g/mol. The second-order valence-electron chi connectivity index (χ2n) is 2.07. The summed E-state index contributed by atoms with van der Waals surface area (Å²) in [6, 6.07) is 11.6. The van der Waals surface area contributed by atoms with E-state index in [4.69, 9.17) is 0 Å². The van der Waals surface area contributed by atoms with E-state index in [9.17, 15) is 0 Å². The summed E-state index contributed by atoms with van der Waals surface area (Å²) in [6.07, 6.45) is 0. The first-order chi connectivity index (χ1) is 4.30. The third-order valence-corrected chi connectivity index (χ3v) is 1.12. The summed E-state index contributed by atoms with van der Waals surface area (Å²) in [5.41, 5.74) is 1.07. The van der Waals surface area contributed by atoms with E-state index in [0.29, 0.717) is 0 Å². The standard InChI is InChI=1S/C8H9N/c1-9(2)8-6-4-3-5-7-8/h3-4,6H,1-2H3. The molecule has 1 heteroatoms. The van der Waals surface area contributed by atoms with E-state index in [2.05, 4.69) is 12.1 Å². The van der Waals surface area contributed by atoms with Gasteiger partial charge in [0, 0.05) is 14.1 Å². The number of hydrogen-bond donors (Lipinski definition) is 0. The van der Waals surface area contributed by atoms with Crippen molar-refractivity contribution in [3.05, 3.63) is 30.3 Å². The molecule has 0 aromatic heterocycles. The second kappa shape index (κ2) is 2.41. The van der Waals surface area contributed by atoms with E-state index >= 15 is 0 Å². The summed E-state index contributed by atoms with van der Waals surface area (Å²) in [5.74, 6) is 0. The third-order valence-electron chi connectivity index (χ3n) is 1.12. The van der Waals surface area contributed by atoms with Gasteiger partial charge in [-0.1, -0.05) is 12.1 Å². The van der Waals surface area contributed by atoms with Gasteiger partial charge in [-0.05, 0) is 18.2 Å². The lowest BCUT2D eigenvalue weighted by Gasteiger charge is -2.07. The molecule has 0 unspecified atom stereocenters. The summed E-state index contributed by atoms with van der Waals surface area (Å²) < 4.78 is 0. The molecule has 0 radical (unpaired) electrons. The first-order valence-electron chi connectivity index (χ1n) is 2.86. The van der Waals surface area contributed by atoms with Crippen LogP contribution in [0, 0.1) is 12.1 Å². The first-order valence-corrected chi connectivity index (χ1v) is 2.86. The fourth-order valence-electron chi connectivity index (χ4n) is 0.606. The number of nitrogens with zero attached hydrogens (tertiary/aromatic N) is 1. The lowest BCUT2D eigenvalue weighted by atomic mass is 10.4. The molecule has 0 bridgehead atoms. The second-order valence-corrected chi connectivity index (χ2v) is 2.07. The number of rotatable bonds is 1. The maximum atomic E-state index is 2.97. The van der Waals surface area contributed by atoms with Crippen LogP contribution in [0.4, 0.5) is 5.69 Å². The molecule has 1 nitrogen and oxygen atoms in total. The highest BCUT2D eigenvalue weighted by molar-refractivity contribution is 5.39. The Kier molecular flexibility index (Phi) is 1.60. The summed E-state index contributed by atoms with van der Waals surface area (Å²) >= 11 is 0. The molecular weight excluding hydrogens is 110 g/mol. The molecule has 9 heavy (non-hydrogen) atoms. The summed E-state index contributed by atoms with van der Waals surface area (Å²) in [5, 5.41) is 0. The molecule has 0 spiro atoms. The van der Waals surface area contributed by atoms with Crippen molar-refractivity contribution in [1.29, 1.82) is 0 Å². The lowest BCUT2D eigenvalue weighted by molar-refractivity contribution is 1.13. The molecule has 0 fully saturated rings. The third kappa shape index (κ3) is 1.36. The van der Waals surface area contributed by atoms with Crippen LogP contribution in [0.5, 0.6) is 0 Å². The highest BCUT2D eigenvalue weighted by Gasteiger charge is 1.86. The maximum absolute atomic E-state index is 2.97. The van der Waals surface area contributed by atoms with E-state index in [1.165, 1.54) is 0 Å². The minimum atomic E-state index is 1.07. The van der Waals surface area contributed by atoms with Crippen LogP contribution in [0.25, 0.3) is 0 Å². The smallest absolute Gasteiger partial charge is 0.0877 e. The Morgan fingerprint density at radius 1 is 1.44 bits per heavy atom. The van der Waals surface area contributed by atoms with Crippen LogP contribution in [0.2, 0.25) is 0 Å². The van der Waals surface area contributed by atoms with Crippen molar-refractivity contribution in [3.8, 4) is 0 Å². The average molecular weight is 119 g/mol. The summed E-state index contributed by atoms with van der Waals surface area (Å²) in [7, 11) is 3.97. The summed E-state index contributed by atoms with van der Waals surface area (Å²) in [6.45, 7) is 0. The molecule has 0 heterocycles. The van der Waals surface area contributed by atoms with Gasteiger partial charge in [0.2, 0.25) is 0 Å². The van der Waals surface area contributed by atoms with Crippen LogP contribution in [0.15, 0.2) is 18.2 Å². The molecular formula is C8H9N. The van der Waals surface area contributed by atoms with Gasteiger partial charge in [-0.3, -0.25) is 0 Å². The van der Waals surface area contributed by atoms with Gasteiger partial charge in [-0.2, -0.15) is 0 Å². The quantitative estimate of drug-likeness (QED) is 0.539. The van der Waals surface area contributed by atoms with Crippen molar-refractivity contribution in [2.24, 2.45) is 0 Å². The van der Waals surface area contributed by atoms with E-state index in [-0.39, 0.29) is 0 Å². The normalized spacial score (nSPS) is 8.22. The molecule has 0 saturated carbocycles. The van der Waals surface area contributed by atoms with E-state index < -0.39 is 0 Å². The zero-order valence-corrected chi connectivity index (χ0v) is 5.68. The predicted molar refractivity (Wildman–Crippen MR) is 38.4 cm³/mol. The van der Waals surface area contributed by atoms with Gasteiger partial charge >= 0.3 is 0 Å². The van der Waals surface area contributed by atoms with Gasteiger partial charge < -0.3 is 4.90 Å². The molecule has 0 N–H and O–H groups in total. The molecule has 0 aliphatic heterocycles. The van der Waals surface area contributed by atoms with Crippen LogP contribution in [-0.4, -0.2) is 14.1 Å². The fraction of sp³-hybridized carbons (Fsp3) is 0.250. The Morgan fingerprint density at radius 3 is 2.56 bits per heavy atom. The number of anilines is 1. The molecule has 0 amide bonds. The van der Waals surface area contributed by atoms with Gasteiger partial charge in [0.1, 0.15) is 0 Å². The largest absolute Gasteiger partial charge is 0.371 e. The Bertz CT molecular complexity index is 167. The zero-order valence-electron chi connectivity index (χ0n) is 5.68. The SMILES string of the molecule is CN(C)c1c#cccc1. The Balaban J connectivity index is 2.85. The molecule has 0 saturated heterocycles. The van der Waals surface area contributed by atoms with Crippen LogP contribution in [0.1, 0.15) is 0 Å². The highest BCUT2D eigenvalue weighted by Crippen LogP contribution is 2.02. The molecule has 0 aliphatic rings. The molecule has 1 aromatic carbocycles. The van der Waals surface area contributed by atoms with Crippen LogP contribution in [0.3, 0.4) is 0 Å². The molecule has 0 atom stereocenters. The van der Waals surface area contributed by atoms with Crippen LogP contribution >= 0.6 is 0 Å². The minimum Gasteiger partial charge on any atom is -0.371 e. The van der Waals surface area contributed by atoms with Crippen molar-refractivity contribution in [2.75, 3.05) is 19.0 Å². The topological polar surface area (TPSA) is 3.24 Å². The van der Waals surface area contributed by atoms with Gasteiger partial charge in [-0.15, -0.1) is 0 Å². The van der Waals surface area contributed by atoms with Gasteiger partial charge in [-0.25, -0.2) is 0 Å². The lowest BCUT2D eigenvalue weighted by Crippen LogP contribution is -2.07. The Labute approximate surface area is 55.9 Å².